The maximum absolute atomic E-state index is 4.96. The molecule has 1 radical (unpaired) electrons. The van der Waals surface area contributed by atoms with Gasteiger partial charge in [-0.15, -0.1) is 12.1 Å². The van der Waals surface area contributed by atoms with Crippen LogP contribution in [-0.4, -0.2) is 32.1 Å². The molecule has 0 atom stereocenters. The molecule has 0 spiro atoms. The van der Waals surface area contributed by atoms with Crippen molar-refractivity contribution in [2.45, 2.75) is 45.6 Å². The van der Waals surface area contributed by atoms with Gasteiger partial charge in [-0.25, -0.2) is 0 Å². The Morgan fingerprint density at radius 2 is 1.77 bits per heavy atom. The Balaban J connectivity index is 0. The number of likely N-dealkylation sites (N-methyl/N-ethyl adjacent to an activating group) is 1. The van der Waals surface area contributed by atoms with Gasteiger partial charge in [0.2, 0.25) is 0 Å². The Morgan fingerprint density at radius 1 is 1.12 bits per heavy atom. The van der Waals surface area contributed by atoms with Crippen LogP contribution in [-0.2, 0) is 27.3 Å². The standard InChI is InChI=1S/C21H31N2.2ClH.Ti/c1-6-7-14-22-21(2,3)20-11-9-8-10-19(20)18-13-12-17(15-18)16-23(4)5;;;/h8-12,15H,6-7,13-14,16H2,1-5H3;2*1H;/q-1;;;+3/p-2. The molecule has 2 rings (SSSR count). The first-order valence-electron chi connectivity index (χ1n) is 8.77. The van der Waals surface area contributed by atoms with E-state index in [4.69, 9.17) is 5.32 Å². The average Bonchev–Trinajstić information content (AvgIpc) is 2.95. The second-order valence-electron chi connectivity index (χ2n) is 7.23. The first-order valence-corrected chi connectivity index (χ1v) is 8.77. The summed E-state index contributed by atoms with van der Waals surface area (Å²) in [4.78, 5) is 2.22. The third kappa shape index (κ3) is 7.88. The van der Waals surface area contributed by atoms with E-state index < -0.39 is 0 Å². The van der Waals surface area contributed by atoms with E-state index in [9.17, 15) is 0 Å². The van der Waals surface area contributed by atoms with E-state index in [1.165, 1.54) is 35.1 Å². The molecule has 143 valence electrons. The van der Waals surface area contributed by atoms with Gasteiger partial charge in [-0.2, -0.15) is 0 Å². The third-order valence-corrected chi connectivity index (χ3v) is 4.39. The minimum atomic E-state index is -0.128. The molecule has 0 saturated carbocycles. The van der Waals surface area contributed by atoms with E-state index in [0.717, 1.165) is 19.5 Å². The fraction of sp³-hybridized carbons (Fsp3) is 0.524. The summed E-state index contributed by atoms with van der Waals surface area (Å²) in [7, 11) is 4.24. The number of unbranched alkanes of at least 4 members (excludes halogenated alkanes) is 1. The Bertz CT molecular complexity index is 595. The number of nitrogens with zero attached hydrogens (tertiary/aromatic N) is 2. The predicted molar refractivity (Wildman–Crippen MR) is 102 cm³/mol. The van der Waals surface area contributed by atoms with Crippen LogP contribution in [0.4, 0.5) is 0 Å². The summed E-state index contributed by atoms with van der Waals surface area (Å²) in [5.41, 5.74) is 5.43. The molecule has 0 heterocycles. The van der Waals surface area contributed by atoms with Crippen molar-refractivity contribution in [2.75, 3.05) is 27.2 Å². The molecule has 5 heteroatoms. The molecule has 2 nitrogen and oxygen atoms in total. The van der Waals surface area contributed by atoms with Gasteiger partial charge in [0.25, 0.3) is 0 Å². The number of benzene rings is 1. The molecule has 1 aliphatic carbocycles. The molecule has 0 fully saturated rings. The van der Waals surface area contributed by atoms with Crippen LogP contribution in [0, 0.1) is 0 Å². The van der Waals surface area contributed by atoms with Gasteiger partial charge >= 0.3 is 21.7 Å². The Hall–Kier alpha value is -0.0857. The summed E-state index contributed by atoms with van der Waals surface area (Å²) >= 11 is 0. The molecule has 0 aliphatic heterocycles. The molecular weight excluding hydrogens is 399 g/mol. The van der Waals surface area contributed by atoms with Crippen LogP contribution in [0.15, 0.2) is 42.0 Å². The van der Waals surface area contributed by atoms with Gasteiger partial charge in [0.1, 0.15) is 0 Å². The number of hydrogen-bond acceptors (Lipinski definition) is 1. The van der Waals surface area contributed by atoms with E-state index in [1.54, 1.807) is 0 Å². The summed E-state index contributed by atoms with van der Waals surface area (Å²) in [5, 5.41) is 4.96. The smallest absolute Gasteiger partial charge is 1.00 e. The minimum absolute atomic E-state index is 0. The summed E-state index contributed by atoms with van der Waals surface area (Å²) in [6, 6.07) is 8.78. The second kappa shape index (κ2) is 13.2. The van der Waals surface area contributed by atoms with E-state index in [0.29, 0.717) is 0 Å². The Morgan fingerprint density at radius 3 is 2.38 bits per heavy atom. The molecule has 0 saturated heterocycles. The van der Waals surface area contributed by atoms with Gasteiger partial charge in [-0.1, -0.05) is 75.6 Å². The molecule has 0 N–H and O–H groups in total. The summed E-state index contributed by atoms with van der Waals surface area (Å²) in [5.74, 6) is 0. The molecule has 26 heavy (non-hydrogen) atoms. The zero-order valence-corrected chi connectivity index (χ0v) is 19.7. The van der Waals surface area contributed by atoms with Gasteiger partial charge < -0.3 is 35.0 Å². The van der Waals surface area contributed by atoms with E-state index in [1.807, 2.05) is 0 Å². The van der Waals surface area contributed by atoms with Crippen LogP contribution in [0.1, 0.15) is 51.2 Å². The van der Waals surface area contributed by atoms with Gasteiger partial charge in [0.05, 0.1) is 0 Å². The van der Waals surface area contributed by atoms with Gasteiger partial charge in [-0.05, 0) is 37.2 Å². The quantitative estimate of drug-likeness (QED) is 0.397. The second-order valence-corrected chi connectivity index (χ2v) is 7.23. The Kier molecular flexibility index (Phi) is 14.2. The maximum Gasteiger partial charge on any atom is 3.00 e. The molecule has 1 aromatic rings. The molecule has 0 amide bonds. The van der Waals surface area contributed by atoms with E-state index in [2.05, 4.69) is 76.2 Å². The van der Waals surface area contributed by atoms with Crippen molar-refractivity contribution in [1.82, 2.24) is 4.90 Å². The van der Waals surface area contributed by atoms with Crippen LogP contribution in [0.2, 0.25) is 0 Å². The predicted octanol–water partition coefficient (Wildman–Crippen LogP) is -0.624. The number of allylic oxidation sites excluding steroid dienone is 2. The Labute approximate surface area is 187 Å². The van der Waals surface area contributed by atoms with Gasteiger partial charge in [0, 0.05) is 6.54 Å². The molecular formula is C21H31Cl2N2Ti. The number of hydrogen-bond donors (Lipinski definition) is 0. The monoisotopic (exact) mass is 429 g/mol. The fourth-order valence-electron chi connectivity index (χ4n) is 3.14. The average molecular weight is 430 g/mol. The van der Waals surface area contributed by atoms with E-state index in [-0.39, 0.29) is 52.1 Å². The van der Waals surface area contributed by atoms with Crippen molar-refractivity contribution in [3.8, 4) is 0 Å². The van der Waals surface area contributed by atoms with Crippen molar-refractivity contribution in [2.24, 2.45) is 0 Å². The van der Waals surface area contributed by atoms with Crippen LogP contribution in [0.25, 0.3) is 10.9 Å². The summed E-state index contributed by atoms with van der Waals surface area (Å²) < 4.78 is 0. The van der Waals surface area contributed by atoms with Crippen molar-refractivity contribution in [3.63, 3.8) is 0 Å². The van der Waals surface area contributed by atoms with Crippen LogP contribution < -0.4 is 24.8 Å². The molecule has 0 bridgehead atoms. The first-order chi connectivity index (χ1) is 10.9. The SMILES string of the molecule is CCCC[N-]C(C)(C)c1ccccc1C1=CC(CN(C)C)=CC1.[Cl-].[Cl-].[Ti+3]. The topological polar surface area (TPSA) is 17.3 Å². The van der Waals surface area contributed by atoms with Crippen molar-refractivity contribution in [3.05, 3.63) is 58.4 Å². The van der Waals surface area contributed by atoms with Gasteiger partial charge in [-0.3, -0.25) is 0 Å². The molecule has 1 aliphatic rings. The number of halogens is 2. The third-order valence-electron chi connectivity index (χ3n) is 4.39. The van der Waals surface area contributed by atoms with Crippen molar-refractivity contribution < 1.29 is 46.5 Å². The first kappa shape index (κ1) is 28.1. The summed E-state index contributed by atoms with van der Waals surface area (Å²) in [6.07, 6.45) is 8.12. The fourth-order valence-corrected chi connectivity index (χ4v) is 3.14. The molecule has 0 aromatic heterocycles. The number of rotatable bonds is 8. The zero-order chi connectivity index (χ0) is 16.9. The maximum atomic E-state index is 4.96. The van der Waals surface area contributed by atoms with Crippen LogP contribution >= 0.6 is 0 Å². The molecule has 1 aromatic carbocycles. The largest absolute Gasteiger partial charge is 3.00 e. The van der Waals surface area contributed by atoms with Crippen molar-refractivity contribution in [1.29, 1.82) is 0 Å². The summed E-state index contributed by atoms with van der Waals surface area (Å²) in [6.45, 7) is 8.66. The molecule has 0 unspecified atom stereocenters. The van der Waals surface area contributed by atoms with Crippen LogP contribution in [0.3, 0.4) is 0 Å². The minimum Gasteiger partial charge on any atom is -1.00 e. The normalized spacial score (nSPS) is 13.3. The van der Waals surface area contributed by atoms with Crippen molar-refractivity contribution >= 4 is 5.57 Å². The van der Waals surface area contributed by atoms with Crippen LogP contribution in [0.5, 0.6) is 0 Å². The zero-order valence-electron chi connectivity index (χ0n) is 16.6. The van der Waals surface area contributed by atoms with E-state index >= 15 is 0 Å². The van der Waals surface area contributed by atoms with Gasteiger partial charge in [0.15, 0.2) is 0 Å².